The van der Waals surface area contributed by atoms with E-state index in [2.05, 4.69) is 18.3 Å². The second-order valence-corrected chi connectivity index (χ2v) is 5.06. The topological polar surface area (TPSA) is 41.5 Å². The van der Waals surface area contributed by atoms with Gasteiger partial charge in [0.05, 0.1) is 6.61 Å². The fourth-order valence-corrected chi connectivity index (χ4v) is 2.58. The monoisotopic (exact) mass is 249 g/mol. The smallest absolute Gasteiger partial charge is 0.115 e. The van der Waals surface area contributed by atoms with E-state index in [0.29, 0.717) is 17.7 Å². The summed E-state index contributed by atoms with van der Waals surface area (Å²) in [4.78, 5) is 0. The Kier molecular flexibility index (Phi) is 5.02. The van der Waals surface area contributed by atoms with Crippen LogP contribution in [0.5, 0.6) is 5.75 Å². The molecule has 1 saturated heterocycles. The number of phenols is 1. The van der Waals surface area contributed by atoms with Crippen molar-refractivity contribution >= 4 is 0 Å². The van der Waals surface area contributed by atoms with Gasteiger partial charge in [-0.15, -0.1) is 0 Å². The third-order valence-corrected chi connectivity index (χ3v) is 3.54. The Balaban J connectivity index is 1.96. The highest BCUT2D eigenvalue weighted by atomic mass is 16.5. The first kappa shape index (κ1) is 13.4. The van der Waals surface area contributed by atoms with Crippen LogP contribution in [0.15, 0.2) is 24.3 Å². The van der Waals surface area contributed by atoms with Crippen LogP contribution in [0.25, 0.3) is 0 Å². The molecule has 2 atom stereocenters. The second kappa shape index (κ2) is 6.76. The normalized spacial score (nSPS) is 24.1. The number of hydrogen-bond donors (Lipinski definition) is 2. The van der Waals surface area contributed by atoms with Crippen molar-refractivity contribution < 1.29 is 9.84 Å². The zero-order valence-electron chi connectivity index (χ0n) is 11.1. The van der Waals surface area contributed by atoms with Gasteiger partial charge in [-0.1, -0.05) is 19.1 Å². The van der Waals surface area contributed by atoms with Gasteiger partial charge in [0, 0.05) is 18.6 Å². The van der Waals surface area contributed by atoms with Gasteiger partial charge in [-0.2, -0.15) is 0 Å². The van der Waals surface area contributed by atoms with Crippen LogP contribution in [0.2, 0.25) is 0 Å². The fourth-order valence-electron chi connectivity index (χ4n) is 2.58. The molecule has 0 radical (unpaired) electrons. The van der Waals surface area contributed by atoms with E-state index in [1.165, 1.54) is 5.56 Å². The maximum atomic E-state index is 9.50. The van der Waals surface area contributed by atoms with Crippen molar-refractivity contribution in [1.29, 1.82) is 0 Å². The Morgan fingerprint density at radius 3 is 3.11 bits per heavy atom. The van der Waals surface area contributed by atoms with Crippen LogP contribution in [0.4, 0.5) is 0 Å². The molecule has 0 amide bonds. The van der Waals surface area contributed by atoms with E-state index in [-0.39, 0.29) is 0 Å². The molecule has 0 saturated carbocycles. The number of hydrogen-bond acceptors (Lipinski definition) is 3. The summed E-state index contributed by atoms with van der Waals surface area (Å²) in [6, 6.07) is 8.09. The van der Waals surface area contributed by atoms with E-state index >= 15 is 0 Å². The molecule has 1 aromatic rings. The van der Waals surface area contributed by atoms with Crippen molar-refractivity contribution in [2.75, 3.05) is 19.8 Å². The first-order valence-electron chi connectivity index (χ1n) is 6.88. The highest BCUT2D eigenvalue weighted by molar-refractivity contribution is 5.27. The number of ether oxygens (including phenoxy) is 1. The van der Waals surface area contributed by atoms with Crippen molar-refractivity contribution in [2.24, 2.45) is 5.92 Å². The van der Waals surface area contributed by atoms with Crippen molar-refractivity contribution in [3.05, 3.63) is 29.8 Å². The van der Waals surface area contributed by atoms with Gasteiger partial charge in [0.2, 0.25) is 0 Å². The number of aromatic hydroxyl groups is 1. The van der Waals surface area contributed by atoms with Crippen LogP contribution in [0.1, 0.15) is 25.3 Å². The van der Waals surface area contributed by atoms with E-state index in [1.807, 2.05) is 12.1 Å². The van der Waals surface area contributed by atoms with Gasteiger partial charge in [0.1, 0.15) is 5.75 Å². The summed E-state index contributed by atoms with van der Waals surface area (Å²) in [6.07, 6.45) is 3.22. The number of benzene rings is 1. The summed E-state index contributed by atoms with van der Waals surface area (Å²) in [6.45, 7) is 4.94. The van der Waals surface area contributed by atoms with Gasteiger partial charge in [0.25, 0.3) is 0 Å². The van der Waals surface area contributed by atoms with Crippen LogP contribution < -0.4 is 5.32 Å². The molecule has 0 spiro atoms. The standard InChI is InChI=1S/C15H23NO2/c1-2-7-16-15-6-8-18-11-13(15)9-12-4-3-5-14(17)10-12/h3-5,10,13,15-17H,2,6-9,11H2,1H3. The van der Waals surface area contributed by atoms with E-state index in [0.717, 1.165) is 39.0 Å². The summed E-state index contributed by atoms with van der Waals surface area (Å²) in [5.74, 6) is 0.856. The third kappa shape index (κ3) is 3.72. The molecule has 0 aliphatic carbocycles. The van der Waals surface area contributed by atoms with Crippen LogP contribution in [0.3, 0.4) is 0 Å². The molecule has 3 nitrogen and oxygen atoms in total. The molecular weight excluding hydrogens is 226 g/mol. The van der Waals surface area contributed by atoms with Crippen LogP contribution in [-0.2, 0) is 11.2 Å². The van der Waals surface area contributed by atoms with Crippen LogP contribution in [0, 0.1) is 5.92 Å². The largest absolute Gasteiger partial charge is 0.508 e. The maximum Gasteiger partial charge on any atom is 0.115 e. The molecule has 0 aromatic heterocycles. The molecule has 1 heterocycles. The molecule has 100 valence electrons. The summed E-state index contributed by atoms with van der Waals surface area (Å²) in [7, 11) is 0. The van der Waals surface area contributed by atoms with Gasteiger partial charge in [-0.05, 0) is 43.5 Å². The Morgan fingerprint density at radius 1 is 1.44 bits per heavy atom. The SMILES string of the molecule is CCCNC1CCOCC1Cc1cccc(O)c1. The van der Waals surface area contributed by atoms with E-state index < -0.39 is 0 Å². The van der Waals surface area contributed by atoms with Crippen molar-refractivity contribution in [3.8, 4) is 5.75 Å². The second-order valence-electron chi connectivity index (χ2n) is 5.06. The molecule has 1 aliphatic rings. The lowest BCUT2D eigenvalue weighted by Gasteiger charge is -2.32. The Morgan fingerprint density at radius 2 is 2.33 bits per heavy atom. The zero-order valence-corrected chi connectivity index (χ0v) is 11.1. The number of nitrogens with one attached hydrogen (secondary N) is 1. The molecule has 2 rings (SSSR count). The molecule has 1 aromatic carbocycles. The predicted octanol–water partition coefficient (Wildman–Crippen LogP) is 2.34. The zero-order chi connectivity index (χ0) is 12.8. The third-order valence-electron chi connectivity index (χ3n) is 3.54. The van der Waals surface area contributed by atoms with Gasteiger partial charge in [-0.3, -0.25) is 0 Å². The summed E-state index contributed by atoms with van der Waals surface area (Å²) in [5.41, 5.74) is 1.19. The summed E-state index contributed by atoms with van der Waals surface area (Å²) < 4.78 is 5.59. The van der Waals surface area contributed by atoms with Gasteiger partial charge < -0.3 is 15.2 Å². The van der Waals surface area contributed by atoms with Crippen LogP contribution in [-0.4, -0.2) is 30.9 Å². The predicted molar refractivity (Wildman–Crippen MR) is 72.8 cm³/mol. The fraction of sp³-hybridized carbons (Fsp3) is 0.600. The Labute approximate surface area is 109 Å². The van der Waals surface area contributed by atoms with Crippen molar-refractivity contribution in [1.82, 2.24) is 5.32 Å². The number of rotatable bonds is 5. The molecule has 1 aliphatic heterocycles. The lowest BCUT2D eigenvalue weighted by molar-refractivity contribution is 0.0322. The number of phenolic OH excluding ortho intramolecular Hbond substituents is 1. The highest BCUT2D eigenvalue weighted by Crippen LogP contribution is 2.21. The van der Waals surface area contributed by atoms with Gasteiger partial charge in [0.15, 0.2) is 0 Å². The molecule has 0 bridgehead atoms. The molecule has 2 N–H and O–H groups in total. The van der Waals surface area contributed by atoms with E-state index in [4.69, 9.17) is 4.74 Å². The summed E-state index contributed by atoms with van der Waals surface area (Å²) in [5, 5.41) is 13.1. The minimum Gasteiger partial charge on any atom is -0.508 e. The lowest BCUT2D eigenvalue weighted by Crippen LogP contribution is -2.43. The average molecular weight is 249 g/mol. The van der Waals surface area contributed by atoms with E-state index in [9.17, 15) is 5.11 Å². The molecular formula is C15H23NO2. The van der Waals surface area contributed by atoms with Crippen molar-refractivity contribution in [3.63, 3.8) is 0 Å². The minimum atomic E-state index is 0.349. The highest BCUT2D eigenvalue weighted by Gasteiger charge is 2.25. The average Bonchev–Trinajstić information content (AvgIpc) is 2.38. The Bertz CT molecular complexity index is 367. The minimum absolute atomic E-state index is 0.349. The molecule has 18 heavy (non-hydrogen) atoms. The van der Waals surface area contributed by atoms with E-state index in [1.54, 1.807) is 6.07 Å². The van der Waals surface area contributed by atoms with Crippen molar-refractivity contribution in [2.45, 2.75) is 32.2 Å². The van der Waals surface area contributed by atoms with Gasteiger partial charge in [-0.25, -0.2) is 0 Å². The lowest BCUT2D eigenvalue weighted by atomic mass is 9.89. The molecule has 2 unspecified atom stereocenters. The molecule has 1 fully saturated rings. The first-order valence-corrected chi connectivity index (χ1v) is 6.88. The quantitative estimate of drug-likeness (QED) is 0.841. The molecule has 3 heteroatoms. The first-order chi connectivity index (χ1) is 8.79. The maximum absolute atomic E-state index is 9.50. The summed E-state index contributed by atoms with van der Waals surface area (Å²) >= 11 is 0. The Hall–Kier alpha value is -1.06. The van der Waals surface area contributed by atoms with Gasteiger partial charge >= 0.3 is 0 Å². The van der Waals surface area contributed by atoms with Crippen LogP contribution >= 0.6 is 0 Å².